The Kier molecular flexibility index (Phi) is 5.36. The molecule has 158 valence electrons. The van der Waals surface area contributed by atoms with Gasteiger partial charge in [0.25, 0.3) is 5.91 Å². The minimum absolute atomic E-state index is 0.0296. The molecule has 0 atom stereocenters. The number of carbonyl (C=O) groups excluding carboxylic acids is 1. The van der Waals surface area contributed by atoms with Crippen molar-refractivity contribution in [2.24, 2.45) is 0 Å². The SMILES string of the molecule is CC(C)NC(=O)COc1ccc(-c2c(C#N)c(N)n3c(nc4ccccc43)c2C#N)cc1. The lowest BCUT2D eigenvalue weighted by Crippen LogP contribution is -2.34. The average Bonchev–Trinajstić information content (AvgIpc) is 3.17. The predicted molar refractivity (Wildman–Crippen MR) is 121 cm³/mol. The zero-order valence-electron chi connectivity index (χ0n) is 17.6. The number of carbonyl (C=O) groups is 1. The van der Waals surface area contributed by atoms with E-state index < -0.39 is 0 Å². The number of nitrogen functional groups attached to an aromatic ring is 1. The summed E-state index contributed by atoms with van der Waals surface area (Å²) in [6.45, 7) is 3.64. The van der Waals surface area contributed by atoms with Crippen molar-refractivity contribution in [2.75, 3.05) is 12.3 Å². The molecule has 8 heteroatoms. The maximum absolute atomic E-state index is 11.8. The van der Waals surface area contributed by atoms with Crippen LogP contribution in [0.5, 0.6) is 5.75 Å². The van der Waals surface area contributed by atoms with Crippen LogP contribution < -0.4 is 15.8 Å². The lowest BCUT2D eigenvalue weighted by atomic mass is 9.96. The lowest BCUT2D eigenvalue weighted by molar-refractivity contribution is -0.123. The summed E-state index contributed by atoms with van der Waals surface area (Å²) in [5.74, 6) is 0.494. The van der Waals surface area contributed by atoms with Crippen LogP contribution in [0.1, 0.15) is 25.0 Å². The summed E-state index contributed by atoms with van der Waals surface area (Å²) in [5.41, 5.74) is 9.67. The number of nitrogens with zero attached hydrogens (tertiary/aromatic N) is 4. The molecule has 0 spiro atoms. The van der Waals surface area contributed by atoms with E-state index in [2.05, 4.69) is 22.4 Å². The van der Waals surface area contributed by atoms with Crippen molar-refractivity contribution >= 4 is 28.4 Å². The van der Waals surface area contributed by atoms with Crippen LogP contribution in [0.4, 0.5) is 5.82 Å². The van der Waals surface area contributed by atoms with Crippen LogP contribution >= 0.6 is 0 Å². The predicted octanol–water partition coefficient (Wildman–Crippen LogP) is 3.38. The largest absolute Gasteiger partial charge is 0.484 e. The van der Waals surface area contributed by atoms with E-state index in [0.717, 1.165) is 5.52 Å². The number of aromatic nitrogens is 2. The zero-order valence-corrected chi connectivity index (χ0v) is 17.6. The van der Waals surface area contributed by atoms with E-state index in [9.17, 15) is 15.3 Å². The van der Waals surface area contributed by atoms with Crippen molar-refractivity contribution in [3.8, 4) is 29.0 Å². The summed E-state index contributed by atoms with van der Waals surface area (Å²) in [5, 5.41) is 22.6. The van der Waals surface area contributed by atoms with Gasteiger partial charge in [0.2, 0.25) is 0 Å². The number of nitriles is 2. The van der Waals surface area contributed by atoms with Crippen molar-refractivity contribution in [2.45, 2.75) is 19.9 Å². The molecule has 2 aromatic carbocycles. The Hall–Kier alpha value is -4.56. The smallest absolute Gasteiger partial charge is 0.258 e. The summed E-state index contributed by atoms with van der Waals surface area (Å²) < 4.78 is 7.16. The minimum Gasteiger partial charge on any atom is -0.484 e. The van der Waals surface area contributed by atoms with Gasteiger partial charge in [0.1, 0.15) is 34.8 Å². The van der Waals surface area contributed by atoms with Crippen LogP contribution in [0.25, 0.3) is 27.8 Å². The van der Waals surface area contributed by atoms with E-state index >= 15 is 0 Å². The molecule has 0 fully saturated rings. The molecule has 4 rings (SSSR count). The summed E-state index contributed by atoms with van der Waals surface area (Å²) in [7, 11) is 0. The number of para-hydroxylation sites is 2. The maximum atomic E-state index is 11.8. The number of nitrogens with one attached hydrogen (secondary N) is 1. The van der Waals surface area contributed by atoms with E-state index in [1.54, 1.807) is 28.7 Å². The first kappa shape index (κ1) is 20.7. The van der Waals surface area contributed by atoms with Gasteiger partial charge in [-0.2, -0.15) is 10.5 Å². The highest BCUT2D eigenvalue weighted by molar-refractivity contribution is 5.92. The fourth-order valence-electron chi connectivity index (χ4n) is 3.65. The first-order valence-corrected chi connectivity index (χ1v) is 10.00. The normalized spacial score (nSPS) is 10.8. The van der Waals surface area contributed by atoms with Gasteiger partial charge in [-0.15, -0.1) is 0 Å². The number of hydrogen-bond acceptors (Lipinski definition) is 6. The summed E-state index contributed by atoms with van der Waals surface area (Å²) in [6, 6.07) is 18.6. The molecule has 0 unspecified atom stereocenters. The Morgan fingerprint density at radius 3 is 2.47 bits per heavy atom. The van der Waals surface area contributed by atoms with Crippen molar-refractivity contribution in [3.05, 3.63) is 59.7 Å². The van der Waals surface area contributed by atoms with Gasteiger partial charge in [0, 0.05) is 11.6 Å². The molecular weight excluding hydrogens is 404 g/mol. The van der Waals surface area contributed by atoms with Crippen LogP contribution in [0.3, 0.4) is 0 Å². The second-order valence-corrected chi connectivity index (χ2v) is 7.53. The third kappa shape index (κ3) is 3.55. The van der Waals surface area contributed by atoms with Crippen molar-refractivity contribution in [1.29, 1.82) is 10.5 Å². The standard InChI is InChI=1S/C24H20N6O2/c1-14(2)28-21(31)13-32-16-9-7-15(8-10-16)22-17(11-25)23(27)30-20-6-4-3-5-19(20)29-24(30)18(22)12-26/h3-10,14H,13,27H2,1-2H3,(H,28,31). The number of fused-ring (bicyclic) bond motifs is 3. The molecule has 0 aliphatic carbocycles. The van der Waals surface area contributed by atoms with Gasteiger partial charge < -0.3 is 15.8 Å². The highest BCUT2D eigenvalue weighted by Gasteiger charge is 2.22. The van der Waals surface area contributed by atoms with Crippen LogP contribution in [-0.4, -0.2) is 27.9 Å². The van der Waals surface area contributed by atoms with Gasteiger partial charge in [-0.3, -0.25) is 9.20 Å². The summed E-state index contributed by atoms with van der Waals surface area (Å²) in [6.07, 6.45) is 0. The zero-order chi connectivity index (χ0) is 22.8. The maximum Gasteiger partial charge on any atom is 0.258 e. The number of nitrogens with two attached hydrogens (primary N) is 1. The number of imidazole rings is 1. The van der Waals surface area contributed by atoms with Crippen molar-refractivity contribution < 1.29 is 9.53 Å². The number of anilines is 1. The number of amides is 1. The fraction of sp³-hybridized carbons (Fsp3) is 0.167. The topological polar surface area (TPSA) is 129 Å². The molecule has 2 heterocycles. The van der Waals surface area contributed by atoms with Crippen molar-refractivity contribution in [3.63, 3.8) is 0 Å². The molecule has 32 heavy (non-hydrogen) atoms. The fourth-order valence-corrected chi connectivity index (χ4v) is 3.65. The van der Waals surface area contributed by atoms with Gasteiger partial charge in [-0.1, -0.05) is 24.3 Å². The molecular formula is C24H20N6O2. The number of rotatable bonds is 5. The van der Waals surface area contributed by atoms with E-state index in [1.165, 1.54) is 0 Å². The summed E-state index contributed by atoms with van der Waals surface area (Å²) in [4.78, 5) is 16.4. The van der Waals surface area contributed by atoms with Crippen LogP contribution in [0.2, 0.25) is 0 Å². The van der Waals surface area contributed by atoms with Crippen LogP contribution in [0.15, 0.2) is 48.5 Å². The third-order valence-electron chi connectivity index (χ3n) is 4.97. The second kappa shape index (κ2) is 8.29. The molecule has 3 N–H and O–H groups in total. The molecule has 2 aromatic heterocycles. The molecule has 0 radical (unpaired) electrons. The van der Waals surface area contributed by atoms with Gasteiger partial charge in [-0.25, -0.2) is 4.98 Å². The van der Waals surface area contributed by atoms with E-state index in [4.69, 9.17) is 10.5 Å². The Balaban J connectivity index is 1.79. The minimum atomic E-state index is -0.216. The van der Waals surface area contributed by atoms with Gasteiger partial charge in [-0.05, 0) is 43.7 Å². The molecule has 0 bridgehead atoms. The van der Waals surface area contributed by atoms with Gasteiger partial charge >= 0.3 is 0 Å². The Labute approximate surface area is 184 Å². The molecule has 0 saturated heterocycles. The molecule has 0 aliphatic heterocycles. The number of ether oxygens (including phenoxy) is 1. The average molecular weight is 424 g/mol. The molecule has 0 aliphatic rings. The monoisotopic (exact) mass is 424 g/mol. The third-order valence-corrected chi connectivity index (χ3v) is 4.97. The lowest BCUT2D eigenvalue weighted by Gasteiger charge is -2.13. The molecule has 4 aromatic rings. The highest BCUT2D eigenvalue weighted by atomic mass is 16.5. The Morgan fingerprint density at radius 2 is 1.81 bits per heavy atom. The first-order chi connectivity index (χ1) is 15.4. The van der Waals surface area contributed by atoms with E-state index in [1.807, 2.05) is 38.1 Å². The molecule has 1 amide bonds. The number of hydrogen-bond donors (Lipinski definition) is 2. The van der Waals surface area contributed by atoms with E-state index in [0.29, 0.717) is 28.0 Å². The highest BCUT2D eigenvalue weighted by Crippen LogP contribution is 2.36. The Morgan fingerprint density at radius 1 is 1.12 bits per heavy atom. The van der Waals surface area contributed by atoms with Crippen LogP contribution in [0, 0.1) is 22.7 Å². The quantitative estimate of drug-likeness (QED) is 0.505. The van der Waals surface area contributed by atoms with Gasteiger partial charge in [0.05, 0.1) is 11.0 Å². The molecule has 0 saturated carbocycles. The second-order valence-electron chi connectivity index (χ2n) is 7.53. The van der Waals surface area contributed by atoms with Crippen LogP contribution in [-0.2, 0) is 4.79 Å². The van der Waals surface area contributed by atoms with Gasteiger partial charge in [0.15, 0.2) is 12.3 Å². The summed E-state index contributed by atoms with van der Waals surface area (Å²) >= 11 is 0. The Bertz CT molecular complexity index is 1420. The van der Waals surface area contributed by atoms with E-state index in [-0.39, 0.29) is 35.5 Å². The van der Waals surface area contributed by atoms with Crippen molar-refractivity contribution in [1.82, 2.24) is 14.7 Å². The number of pyridine rings is 1. The number of benzene rings is 2. The molecule has 8 nitrogen and oxygen atoms in total. The first-order valence-electron chi connectivity index (χ1n) is 10.00.